The van der Waals surface area contributed by atoms with Crippen molar-refractivity contribution in [3.05, 3.63) is 41.0 Å². The minimum atomic E-state index is -3.53. The van der Waals surface area contributed by atoms with E-state index in [1.165, 1.54) is 73.8 Å². The maximum absolute atomic E-state index is 15.4. The van der Waals surface area contributed by atoms with Gasteiger partial charge in [0.15, 0.2) is 23.6 Å². The van der Waals surface area contributed by atoms with Gasteiger partial charge in [0.1, 0.15) is 41.3 Å². The first-order valence-corrected chi connectivity index (χ1v) is 19.3. The molecule has 0 unspecified atom stereocenters. The fraction of sp³-hybridized carbons (Fsp3) is 0.659. The summed E-state index contributed by atoms with van der Waals surface area (Å²) in [5.74, 6) is -7.02. The summed E-state index contributed by atoms with van der Waals surface area (Å²) in [7, 11) is 1.36. The number of fused-ring (bicyclic) bond motifs is 5. The van der Waals surface area contributed by atoms with Gasteiger partial charge in [0, 0.05) is 32.1 Å². The topological polar surface area (TPSA) is 240 Å². The Labute approximate surface area is 345 Å². The predicted octanol–water partition coefficient (Wildman–Crippen LogP) is 2.73. The van der Waals surface area contributed by atoms with Crippen molar-refractivity contribution in [1.29, 1.82) is 0 Å². The van der Waals surface area contributed by atoms with Gasteiger partial charge in [-0.15, -0.1) is 0 Å². The van der Waals surface area contributed by atoms with Gasteiger partial charge < -0.3 is 53.8 Å². The first kappa shape index (κ1) is 46.3. The van der Waals surface area contributed by atoms with Crippen molar-refractivity contribution in [1.82, 2.24) is 5.32 Å². The molecular weight excluding hydrogens is 800 g/mol. The minimum absolute atomic E-state index is 0.0247. The number of aliphatic hydroxyl groups excluding tert-OH is 2. The number of rotatable bonds is 10. The second-order valence-corrected chi connectivity index (χ2v) is 17.5. The Morgan fingerprint density at radius 2 is 1.67 bits per heavy atom. The lowest BCUT2D eigenvalue weighted by molar-refractivity contribution is -0.346. The number of aliphatic hydroxyl groups is 3. The zero-order valence-corrected chi connectivity index (χ0v) is 35.0. The molecule has 60 heavy (non-hydrogen) atoms. The van der Waals surface area contributed by atoms with Crippen molar-refractivity contribution in [2.24, 2.45) is 16.7 Å². The third-order valence-corrected chi connectivity index (χ3v) is 12.3. The number of carbonyl (C=O) groups excluding carboxylic acids is 6. The number of ketones is 1. The number of hydrogen-bond donors (Lipinski definition) is 4. The number of hydrogen-bond acceptors (Lipinski definition) is 16. The van der Waals surface area contributed by atoms with Gasteiger partial charge in [-0.25, -0.2) is 23.2 Å². The highest BCUT2D eigenvalue weighted by Crippen LogP contribution is 2.64. The molecule has 2 saturated carbocycles. The van der Waals surface area contributed by atoms with Crippen LogP contribution in [0.4, 0.5) is 13.6 Å². The molecule has 4 N–H and O–H groups in total. The van der Waals surface area contributed by atoms with E-state index in [9.17, 15) is 48.1 Å². The summed E-state index contributed by atoms with van der Waals surface area (Å²) in [6, 6.07) is 3.20. The smallest absolute Gasteiger partial charge is 0.408 e. The molecule has 3 fully saturated rings. The molecule has 1 aromatic carbocycles. The molecule has 4 aliphatic rings. The van der Waals surface area contributed by atoms with E-state index in [4.69, 9.17) is 33.2 Å². The van der Waals surface area contributed by atoms with Crippen molar-refractivity contribution in [2.75, 3.05) is 13.7 Å². The van der Waals surface area contributed by atoms with Crippen LogP contribution in [0.15, 0.2) is 35.4 Å². The molecule has 332 valence electrons. The van der Waals surface area contributed by atoms with Gasteiger partial charge >= 0.3 is 30.0 Å². The number of Topliss-reactive ketones (excluding diaryl/α,β-unsaturated/α-hetero) is 1. The summed E-state index contributed by atoms with van der Waals surface area (Å²) in [4.78, 5) is 81.5. The number of carbonyl (C=O) groups is 6. The number of halogens is 2. The Kier molecular flexibility index (Phi) is 12.6. The van der Waals surface area contributed by atoms with Crippen LogP contribution in [0.25, 0.3) is 0 Å². The molecule has 1 saturated heterocycles. The van der Waals surface area contributed by atoms with Crippen LogP contribution >= 0.6 is 0 Å². The van der Waals surface area contributed by atoms with Crippen LogP contribution < -0.4 is 10.1 Å². The molecule has 3 aliphatic carbocycles. The van der Waals surface area contributed by atoms with Crippen molar-refractivity contribution in [3.8, 4) is 5.75 Å². The molecule has 1 amide bonds. The number of ether oxygens (including phenoxy) is 7. The van der Waals surface area contributed by atoms with E-state index in [0.717, 1.165) is 13.8 Å². The fourth-order valence-corrected chi connectivity index (χ4v) is 9.27. The molecule has 19 heteroatoms. The van der Waals surface area contributed by atoms with Crippen molar-refractivity contribution >= 4 is 35.8 Å². The Morgan fingerprint density at radius 3 is 2.20 bits per heavy atom. The van der Waals surface area contributed by atoms with Crippen LogP contribution in [0.5, 0.6) is 5.75 Å². The number of amides is 1. The lowest BCUT2D eigenvalue weighted by atomic mass is 9.44. The summed E-state index contributed by atoms with van der Waals surface area (Å²) >= 11 is 0. The zero-order valence-electron chi connectivity index (χ0n) is 35.0. The zero-order chi connectivity index (χ0) is 45.1. The quantitative estimate of drug-likeness (QED) is 0.150. The Morgan fingerprint density at radius 1 is 1.02 bits per heavy atom. The van der Waals surface area contributed by atoms with Crippen LogP contribution in [-0.4, -0.2) is 131 Å². The molecule has 1 heterocycles. The largest absolute Gasteiger partial charge is 0.497 e. The van der Waals surface area contributed by atoms with Crippen LogP contribution in [-0.2, 0) is 47.6 Å². The molecule has 0 radical (unpaired) electrons. The average molecular weight is 854 g/mol. The van der Waals surface area contributed by atoms with Gasteiger partial charge in [-0.2, -0.15) is 0 Å². The van der Waals surface area contributed by atoms with Crippen molar-refractivity contribution in [3.63, 3.8) is 0 Å². The summed E-state index contributed by atoms with van der Waals surface area (Å²) in [6.45, 7) is 11.6. The molecule has 1 aliphatic heterocycles. The highest BCUT2D eigenvalue weighted by molar-refractivity contribution is 5.95. The molecule has 2 bridgehead atoms. The van der Waals surface area contributed by atoms with E-state index < -0.39 is 131 Å². The Balaban J connectivity index is 1.74. The molecule has 0 spiro atoms. The monoisotopic (exact) mass is 853 g/mol. The second-order valence-electron chi connectivity index (χ2n) is 17.5. The maximum atomic E-state index is 15.4. The van der Waals surface area contributed by atoms with E-state index in [1.807, 2.05) is 0 Å². The lowest BCUT2D eigenvalue weighted by Gasteiger charge is -2.67. The van der Waals surface area contributed by atoms with E-state index in [2.05, 4.69) is 0 Å². The SMILES string of the molecule is COc1cccc(C(=O)O[C@H]2[C@@H]3[C@]4(OC(C)=O)CO[C@@H]4C[C@H](O)[C@@]3(C)C(=O)[C@H](OC(C)=O)C3=C(C)[C@@H](OC(=O)[C@H](O)[C@@H](NC(=O)OC(C)(C)C)C(F)F)C[C@]2(O)C3(C)C)c1. The van der Waals surface area contributed by atoms with E-state index in [0.29, 0.717) is 0 Å². The van der Waals surface area contributed by atoms with Crippen LogP contribution in [0, 0.1) is 16.7 Å². The highest BCUT2D eigenvalue weighted by Gasteiger charge is 2.78. The molecule has 0 aromatic heterocycles. The standard InChI is InChI=1S/C41H53F2NO16/c1-18-23(57-35(51)28(48)27(33(42)43)44-36(52)60-37(4,5)6)16-41(53)32(58-34(50)21-12-11-13-22(14-21)54-10)30-39(9,24(47)15-25-40(30,17-55-25)59-20(3)46)31(49)29(56-19(2)45)26(18)38(41,7)8/h11-14,23-25,27-30,32-33,47-48,53H,15-17H2,1-10H3,(H,44,52)/t23-,24-,25+,27+,28+,29+,30-,32-,39+,40-,41+/m0/s1. The second kappa shape index (κ2) is 16.3. The number of methoxy groups -OCH3 is 1. The number of esters is 4. The number of benzene rings is 1. The lowest BCUT2D eigenvalue weighted by Crippen LogP contribution is -2.82. The van der Waals surface area contributed by atoms with Gasteiger partial charge in [0.05, 0.1) is 36.7 Å². The Bertz CT molecular complexity index is 1950. The first-order valence-electron chi connectivity index (χ1n) is 19.3. The van der Waals surface area contributed by atoms with E-state index in [1.54, 1.807) is 11.4 Å². The van der Waals surface area contributed by atoms with Gasteiger partial charge in [0.2, 0.25) is 0 Å². The van der Waals surface area contributed by atoms with Crippen LogP contribution in [0.3, 0.4) is 0 Å². The van der Waals surface area contributed by atoms with Crippen LogP contribution in [0.1, 0.15) is 85.5 Å². The van der Waals surface area contributed by atoms with Gasteiger partial charge in [-0.1, -0.05) is 19.9 Å². The van der Waals surface area contributed by atoms with Gasteiger partial charge in [-0.05, 0) is 64.0 Å². The number of nitrogens with one attached hydrogen (secondary N) is 1. The summed E-state index contributed by atoms with van der Waals surface area (Å²) in [5.41, 5.74) is -9.80. The highest BCUT2D eigenvalue weighted by atomic mass is 19.3. The van der Waals surface area contributed by atoms with Crippen molar-refractivity contribution in [2.45, 2.75) is 141 Å². The third kappa shape index (κ3) is 7.96. The minimum Gasteiger partial charge on any atom is -0.497 e. The molecule has 1 aromatic rings. The first-order chi connectivity index (χ1) is 27.7. The Hall–Kier alpha value is -4.72. The normalized spacial score (nSPS) is 33.0. The average Bonchev–Trinajstić information content (AvgIpc) is 3.13. The molecule has 17 nitrogen and oxygen atoms in total. The van der Waals surface area contributed by atoms with Gasteiger partial charge in [-0.3, -0.25) is 14.4 Å². The fourth-order valence-electron chi connectivity index (χ4n) is 9.27. The number of alkyl halides is 2. The van der Waals surface area contributed by atoms with Crippen LogP contribution in [0.2, 0.25) is 0 Å². The molecule has 11 atom stereocenters. The third-order valence-electron chi connectivity index (χ3n) is 12.3. The predicted molar refractivity (Wildman–Crippen MR) is 200 cm³/mol. The van der Waals surface area contributed by atoms with E-state index in [-0.39, 0.29) is 28.9 Å². The maximum Gasteiger partial charge on any atom is 0.408 e. The molecular formula is C41H53F2NO16. The van der Waals surface area contributed by atoms with Crippen molar-refractivity contribution < 1.29 is 86.0 Å². The summed E-state index contributed by atoms with van der Waals surface area (Å²) < 4.78 is 68.4. The van der Waals surface area contributed by atoms with E-state index >= 15 is 4.79 Å². The van der Waals surface area contributed by atoms with Gasteiger partial charge in [0.25, 0.3) is 6.43 Å². The molecule has 5 rings (SSSR count). The summed E-state index contributed by atoms with van der Waals surface area (Å²) in [6.07, 6.45) is -17.1. The number of alkyl carbamates (subject to hydrolysis) is 1. The summed E-state index contributed by atoms with van der Waals surface area (Å²) in [5, 5.41) is 38.2.